The largest absolute Gasteiger partial charge is 0.397 e. The maximum absolute atomic E-state index is 13.0. The van der Waals surface area contributed by atoms with Crippen LogP contribution < -0.4 is 11.1 Å². The third-order valence-corrected chi connectivity index (χ3v) is 3.27. The summed E-state index contributed by atoms with van der Waals surface area (Å²) in [6.45, 7) is 1.80. The summed E-state index contributed by atoms with van der Waals surface area (Å²) in [6.07, 6.45) is 0. The number of nitrogen functional groups attached to an aromatic ring is 1. The second-order valence-corrected chi connectivity index (χ2v) is 4.75. The summed E-state index contributed by atoms with van der Waals surface area (Å²) >= 11 is 11.8. The molecule has 0 aliphatic rings. The average Bonchev–Trinajstić information content (AvgIpc) is 2.29. The summed E-state index contributed by atoms with van der Waals surface area (Å²) in [5, 5.41) is 3.91. The Morgan fingerprint density at radius 1 is 1.06 bits per heavy atom. The molecule has 0 unspecified atom stereocenters. The average molecular weight is 285 g/mol. The van der Waals surface area contributed by atoms with E-state index in [2.05, 4.69) is 5.32 Å². The monoisotopic (exact) mass is 284 g/mol. The standard InChI is InChI=1S/C13H11Cl2FN2/c1-7-4-8(16)2-3-12(7)18-13-6-10(15)9(14)5-11(13)17/h2-6,18H,17H2,1H3. The van der Waals surface area contributed by atoms with Crippen molar-refractivity contribution >= 4 is 40.3 Å². The molecule has 2 aromatic rings. The Bertz CT molecular complexity index is 600. The zero-order chi connectivity index (χ0) is 13.3. The van der Waals surface area contributed by atoms with Gasteiger partial charge in [-0.3, -0.25) is 0 Å². The molecule has 2 aromatic carbocycles. The van der Waals surface area contributed by atoms with Gasteiger partial charge in [0.25, 0.3) is 0 Å². The highest BCUT2D eigenvalue weighted by atomic mass is 35.5. The van der Waals surface area contributed by atoms with Crippen molar-refractivity contribution in [3.8, 4) is 0 Å². The number of rotatable bonds is 2. The predicted molar refractivity (Wildman–Crippen MR) is 75.3 cm³/mol. The van der Waals surface area contributed by atoms with Gasteiger partial charge in [-0.2, -0.15) is 0 Å². The highest BCUT2D eigenvalue weighted by Gasteiger charge is 2.07. The Morgan fingerprint density at radius 2 is 1.72 bits per heavy atom. The van der Waals surface area contributed by atoms with Gasteiger partial charge in [0, 0.05) is 5.69 Å². The van der Waals surface area contributed by atoms with E-state index in [1.807, 2.05) is 0 Å². The molecule has 0 radical (unpaired) electrons. The lowest BCUT2D eigenvalue weighted by Crippen LogP contribution is -1.98. The van der Waals surface area contributed by atoms with Crippen molar-refractivity contribution in [2.45, 2.75) is 6.92 Å². The number of nitrogens with two attached hydrogens (primary N) is 1. The highest BCUT2D eigenvalue weighted by molar-refractivity contribution is 6.42. The number of anilines is 3. The molecule has 0 spiro atoms. The van der Waals surface area contributed by atoms with E-state index >= 15 is 0 Å². The zero-order valence-corrected chi connectivity index (χ0v) is 11.1. The molecule has 3 N–H and O–H groups in total. The molecule has 0 fully saturated rings. The Labute approximate surface area is 115 Å². The fourth-order valence-corrected chi connectivity index (χ4v) is 1.92. The topological polar surface area (TPSA) is 38.0 Å². The number of halogens is 3. The molecule has 0 aromatic heterocycles. The molecule has 2 rings (SSSR count). The van der Waals surface area contributed by atoms with Gasteiger partial charge >= 0.3 is 0 Å². The van der Waals surface area contributed by atoms with Gasteiger partial charge in [0.15, 0.2) is 0 Å². The molecule has 2 nitrogen and oxygen atoms in total. The van der Waals surface area contributed by atoms with Crippen LogP contribution in [0.15, 0.2) is 30.3 Å². The van der Waals surface area contributed by atoms with Crippen molar-refractivity contribution in [1.82, 2.24) is 0 Å². The first-order valence-electron chi connectivity index (χ1n) is 5.25. The lowest BCUT2D eigenvalue weighted by molar-refractivity contribution is 0.627. The van der Waals surface area contributed by atoms with Crippen LogP contribution in [0.4, 0.5) is 21.5 Å². The fourth-order valence-electron chi connectivity index (χ4n) is 1.58. The summed E-state index contributed by atoms with van der Waals surface area (Å²) in [5.41, 5.74) is 8.50. The van der Waals surface area contributed by atoms with E-state index in [-0.39, 0.29) is 5.82 Å². The minimum Gasteiger partial charge on any atom is -0.397 e. The normalized spacial score (nSPS) is 10.4. The van der Waals surface area contributed by atoms with Gasteiger partial charge in [-0.15, -0.1) is 0 Å². The van der Waals surface area contributed by atoms with Gasteiger partial charge in [0.05, 0.1) is 21.4 Å². The van der Waals surface area contributed by atoms with Crippen molar-refractivity contribution < 1.29 is 4.39 Å². The molecule has 18 heavy (non-hydrogen) atoms. The third kappa shape index (κ3) is 2.68. The van der Waals surface area contributed by atoms with Crippen LogP contribution in [0.25, 0.3) is 0 Å². The van der Waals surface area contributed by atoms with E-state index < -0.39 is 0 Å². The van der Waals surface area contributed by atoms with Gasteiger partial charge in [-0.25, -0.2) is 4.39 Å². The number of hydrogen-bond acceptors (Lipinski definition) is 2. The van der Waals surface area contributed by atoms with E-state index in [0.717, 1.165) is 11.3 Å². The SMILES string of the molecule is Cc1cc(F)ccc1Nc1cc(Cl)c(Cl)cc1N. The molecular weight excluding hydrogens is 274 g/mol. The van der Waals surface area contributed by atoms with Gasteiger partial charge < -0.3 is 11.1 Å². The number of hydrogen-bond donors (Lipinski definition) is 2. The van der Waals surface area contributed by atoms with E-state index in [1.165, 1.54) is 12.1 Å². The van der Waals surface area contributed by atoms with Crippen LogP contribution >= 0.6 is 23.2 Å². The molecule has 0 amide bonds. The summed E-state index contributed by atoms with van der Waals surface area (Å²) in [6, 6.07) is 7.68. The second-order valence-electron chi connectivity index (χ2n) is 3.94. The first-order valence-corrected chi connectivity index (χ1v) is 6.00. The minimum atomic E-state index is -0.278. The Morgan fingerprint density at radius 3 is 2.39 bits per heavy atom. The van der Waals surface area contributed by atoms with Gasteiger partial charge in [-0.1, -0.05) is 23.2 Å². The third-order valence-electron chi connectivity index (χ3n) is 2.55. The van der Waals surface area contributed by atoms with Gasteiger partial charge in [0.1, 0.15) is 5.82 Å². The molecule has 5 heteroatoms. The number of nitrogens with one attached hydrogen (secondary N) is 1. The van der Waals surface area contributed by atoms with Crippen molar-refractivity contribution in [2.75, 3.05) is 11.1 Å². The summed E-state index contributed by atoms with van der Waals surface area (Å²) in [4.78, 5) is 0. The van der Waals surface area contributed by atoms with E-state index in [0.29, 0.717) is 21.4 Å². The quantitative estimate of drug-likeness (QED) is 0.780. The van der Waals surface area contributed by atoms with E-state index in [9.17, 15) is 4.39 Å². The first-order chi connectivity index (χ1) is 8.47. The molecule has 0 bridgehead atoms. The van der Waals surface area contributed by atoms with Gasteiger partial charge in [-0.05, 0) is 42.8 Å². The minimum absolute atomic E-state index is 0.278. The van der Waals surface area contributed by atoms with E-state index in [1.54, 1.807) is 25.1 Å². The van der Waals surface area contributed by atoms with Crippen molar-refractivity contribution in [2.24, 2.45) is 0 Å². The summed E-state index contributed by atoms with van der Waals surface area (Å²) < 4.78 is 13.0. The molecule has 0 saturated heterocycles. The van der Waals surface area contributed by atoms with Crippen LogP contribution in [0, 0.1) is 12.7 Å². The van der Waals surface area contributed by atoms with Crippen molar-refractivity contribution in [1.29, 1.82) is 0 Å². The summed E-state index contributed by atoms with van der Waals surface area (Å²) in [5.74, 6) is -0.278. The van der Waals surface area contributed by atoms with Crippen LogP contribution in [0.2, 0.25) is 10.0 Å². The van der Waals surface area contributed by atoms with E-state index in [4.69, 9.17) is 28.9 Å². The van der Waals surface area contributed by atoms with Crippen LogP contribution in [0.1, 0.15) is 5.56 Å². The molecule has 0 saturated carbocycles. The lowest BCUT2D eigenvalue weighted by Gasteiger charge is -2.12. The lowest BCUT2D eigenvalue weighted by atomic mass is 10.2. The smallest absolute Gasteiger partial charge is 0.123 e. The van der Waals surface area contributed by atoms with Crippen LogP contribution in [-0.4, -0.2) is 0 Å². The predicted octanol–water partition coefficient (Wildman–Crippen LogP) is 4.77. The van der Waals surface area contributed by atoms with Gasteiger partial charge in [0.2, 0.25) is 0 Å². The fraction of sp³-hybridized carbons (Fsp3) is 0.0769. The molecule has 0 aliphatic carbocycles. The van der Waals surface area contributed by atoms with Crippen LogP contribution in [0.3, 0.4) is 0 Å². The summed E-state index contributed by atoms with van der Waals surface area (Å²) in [7, 11) is 0. The first kappa shape index (κ1) is 13.0. The number of aryl methyl sites for hydroxylation is 1. The molecule has 94 valence electrons. The molecule has 0 aliphatic heterocycles. The van der Waals surface area contributed by atoms with Crippen molar-refractivity contribution in [3.63, 3.8) is 0 Å². The second kappa shape index (κ2) is 5.04. The van der Waals surface area contributed by atoms with Crippen LogP contribution in [0.5, 0.6) is 0 Å². The molecular formula is C13H11Cl2FN2. The number of benzene rings is 2. The van der Waals surface area contributed by atoms with Crippen LogP contribution in [-0.2, 0) is 0 Å². The molecule has 0 atom stereocenters. The Balaban J connectivity index is 2.37. The maximum atomic E-state index is 13.0. The molecule has 0 heterocycles. The Kier molecular flexibility index (Phi) is 3.64. The highest BCUT2D eigenvalue weighted by Crippen LogP contribution is 2.33. The zero-order valence-electron chi connectivity index (χ0n) is 9.60. The maximum Gasteiger partial charge on any atom is 0.123 e. The Hall–Kier alpha value is -1.45. The van der Waals surface area contributed by atoms with Crippen molar-refractivity contribution in [3.05, 3.63) is 51.8 Å².